The van der Waals surface area contributed by atoms with Crippen molar-refractivity contribution in [1.29, 1.82) is 0 Å². The van der Waals surface area contributed by atoms with Gasteiger partial charge in [-0.2, -0.15) is 0 Å². The van der Waals surface area contributed by atoms with Crippen LogP contribution in [0.1, 0.15) is 298 Å². The number of hydrogen-bond acceptors (Lipinski definition) is 7. The molecule has 0 radical (unpaired) electrons. The summed E-state index contributed by atoms with van der Waals surface area (Å²) in [5, 5.41) is 11.6. The third-order valence-electron chi connectivity index (χ3n) is 14.4. The largest absolute Gasteiger partial charge is 0.465 e. The zero-order valence-corrected chi connectivity index (χ0v) is 44.8. The average Bonchev–Trinajstić information content (AvgIpc) is 3.29. The second kappa shape index (κ2) is 46.3. The van der Waals surface area contributed by atoms with Crippen LogP contribution in [0.25, 0.3) is 0 Å². The first-order chi connectivity index (χ1) is 31.6. The number of carbonyl (C=O) groups is 3. The van der Waals surface area contributed by atoms with E-state index in [1.807, 2.05) is 0 Å². The van der Waals surface area contributed by atoms with Crippen molar-refractivity contribution < 1.29 is 29.0 Å². The Balaban J connectivity index is 0.00000190. The predicted molar refractivity (Wildman–Crippen MR) is 279 cm³/mol. The number of hydrogen-bond donors (Lipinski definition) is 1. The van der Waals surface area contributed by atoms with E-state index in [0.717, 1.165) is 129 Å². The van der Waals surface area contributed by atoms with Gasteiger partial charge < -0.3 is 19.5 Å². The van der Waals surface area contributed by atoms with Gasteiger partial charge in [0.15, 0.2) is 0 Å². The fraction of sp³-hybridized carbons (Fsp3) is 0.948. The smallest absolute Gasteiger partial charge is 0.309 e. The lowest BCUT2D eigenvalue weighted by Gasteiger charge is -2.29. The molecule has 1 rings (SSSR count). The standard InChI is InChI=1S/C41H79NO5.C17H34O/c1-5-8-11-14-15-20-27-37(26-19-13-10-7-3)39(43)46-35-24-18-17-22-31-41(45,30-21-16-12-9-6-2)32-23-25-36-47-40(44)38-28-33-42(4)34-29-38;1-4-6-8-10-11-13-15-17(16(3)18)14-12-9-7-5-2/h37-38,45H,5-36H2,1-4H3;17H,4-15H2,1-3H3. The van der Waals surface area contributed by atoms with Crippen LogP contribution in [0.5, 0.6) is 0 Å². The molecule has 1 saturated heterocycles. The summed E-state index contributed by atoms with van der Waals surface area (Å²) in [6, 6.07) is 0. The molecule has 1 N–H and O–H groups in total. The summed E-state index contributed by atoms with van der Waals surface area (Å²) in [4.78, 5) is 39.2. The topological polar surface area (TPSA) is 93.1 Å². The van der Waals surface area contributed by atoms with Crippen molar-refractivity contribution in [3.05, 3.63) is 0 Å². The minimum atomic E-state index is -0.627. The normalized spacial score (nSPS) is 15.2. The molecule has 0 aliphatic carbocycles. The Bertz CT molecular complexity index is 1060. The van der Waals surface area contributed by atoms with Crippen LogP contribution in [-0.4, -0.2) is 66.7 Å². The molecule has 3 unspecified atom stereocenters. The van der Waals surface area contributed by atoms with Crippen molar-refractivity contribution in [2.45, 2.75) is 304 Å². The fourth-order valence-corrected chi connectivity index (χ4v) is 9.63. The lowest BCUT2D eigenvalue weighted by Crippen LogP contribution is -2.34. The fourth-order valence-electron chi connectivity index (χ4n) is 9.63. The van der Waals surface area contributed by atoms with Crippen molar-refractivity contribution in [2.24, 2.45) is 17.8 Å². The third-order valence-corrected chi connectivity index (χ3v) is 14.4. The summed E-state index contributed by atoms with van der Waals surface area (Å²) in [6.45, 7) is 15.9. The lowest BCUT2D eigenvalue weighted by atomic mass is 9.85. The highest BCUT2D eigenvalue weighted by molar-refractivity contribution is 5.78. The summed E-state index contributed by atoms with van der Waals surface area (Å²) in [5.41, 5.74) is -0.627. The maximum atomic E-state index is 13.0. The second-order valence-electron chi connectivity index (χ2n) is 20.7. The van der Waals surface area contributed by atoms with E-state index in [-0.39, 0.29) is 23.8 Å². The molecular formula is C58H113NO6. The average molecular weight is 921 g/mol. The molecule has 0 aromatic carbocycles. The van der Waals surface area contributed by atoms with Crippen LogP contribution in [0, 0.1) is 17.8 Å². The number of ether oxygens (including phenoxy) is 2. The maximum Gasteiger partial charge on any atom is 0.309 e. The van der Waals surface area contributed by atoms with Crippen LogP contribution in [-0.2, 0) is 23.9 Å². The van der Waals surface area contributed by atoms with Crippen molar-refractivity contribution >= 4 is 17.7 Å². The molecule has 7 heteroatoms. The predicted octanol–water partition coefficient (Wildman–Crippen LogP) is 16.9. The molecule has 65 heavy (non-hydrogen) atoms. The van der Waals surface area contributed by atoms with E-state index in [1.165, 1.54) is 141 Å². The number of piperidine rings is 1. The van der Waals surface area contributed by atoms with Gasteiger partial charge in [0.05, 0.1) is 30.7 Å². The number of carbonyl (C=O) groups excluding carboxylic acids is 3. The summed E-state index contributed by atoms with van der Waals surface area (Å²) >= 11 is 0. The van der Waals surface area contributed by atoms with Gasteiger partial charge in [0, 0.05) is 5.92 Å². The van der Waals surface area contributed by atoms with E-state index < -0.39 is 5.60 Å². The first-order valence-corrected chi connectivity index (χ1v) is 28.8. The summed E-state index contributed by atoms with van der Waals surface area (Å²) in [6.07, 6.45) is 45.7. The van der Waals surface area contributed by atoms with Gasteiger partial charge in [0.2, 0.25) is 0 Å². The molecule has 0 spiro atoms. The number of nitrogens with zero attached hydrogens (tertiary/aromatic N) is 1. The van der Waals surface area contributed by atoms with Crippen molar-refractivity contribution in [3.63, 3.8) is 0 Å². The Kier molecular flexibility index (Phi) is 45.2. The number of rotatable bonds is 45. The van der Waals surface area contributed by atoms with Gasteiger partial charge in [-0.3, -0.25) is 14.4 Å². The van der Waals surface area contributed by atoms with Crippen LogP contribution in [0.3, 0.4) is 0 Å². The highest BCUT2D eigenvalue weighted by Crippen LogP contribution is 2.29. The molecule has 0 amide bonds. The van der Waals surface area contributed by atoms with Gasteiger partial charge in [-0.1, -0.05) is 214 Å². The Morgan fingerprint density at radius 3 is 1.23 bits per heavy atom. The van der Waals surface area contributed by atoms with E-state index in [2.05, 4.69) is 46.6 Å². The zero-order valence-electron chi connectivity index (χ0n) is 44.8. The van der Waals surface area contributed by atoms with Gasteiger partial charge in [0.25, 0.3) is 0 Å². The van der Waals surface area contributed by atoms with Crippen molar-refractivity contribution in [2.75, 3.05) is 33.4 Å². The minimum Gasteiger partial charge on any atom is -0.465 e. The molecule has 0 aromatic heterocycles. The number of likely N-dealkylation sites (tertiary alicyclic amines) is 1. The number of esters is 2. The van der Waals surface area contributed by atoms with E-state index in [0.29, 0.717) is 24.9 Å². The number of Topliss-reactive ketones (excluding diaryl/α,β-unsaturated/α-hetero) is 1. The highest BCUT2D eigenvalue weighted by Gasteiger charge is 2.27. The van der Waals surface area contributed by atoms with Gasteiger partial charge in [-0.25, -0.2) is 0 Å². The van der Waals surface area contributed by atoms with Crippen LogP contribution < -0.4 is 0 Å². The van der Waals surface area contributed by atoms with Crippen LogP contribution in [0.2, 0.25) is 0 Å². The molecular weight excluding hydrogens is 807 g/mol. The first kappa shape index (κ1) is 63.5. The Labute approximate surface area is 405 Å². The molecule has 386 valence electrons. The monoisotopic (exact) mass is 920 g/mol. The summed E-state index contributed by atoms with van der Waals surface area (Å²) in [7, 11) is 2.10. The lowest BCUT2D eigenvalue weighted by molar-refractivity contribution is -0.150. The molecule has 1 aliphatic heterocycles. The zero-order chi connectivity index (χ0) is 48.1. The number of aliphatic hydroxyl groups is 1. The SMILES string of the molecule is CCCCCCCCC(CCCCCC)C(=O)OCCCCCCC(O)(CCCCCCC)CCCCOC(=O)C1CCN(C)CC1.CCCCCCCCC(CCCCCC)C(C)=O. The van der Waals surface area contributed by atoms with Crippen LogP contribution in [0.4, 0.5) is 0 Å². The second-order valence-corrected chi connectivity index (χ2v) is 20.7. The van der Waals surface area contributed by atoms with Crippen molar-refractivity contribution in [1.82, 2.24) is 4.90 Å². The molecule has 0 bridgehead atoms. The maximum absolute atomic E-state index is 13.0. The van der Waals surface area contributed by atoms with Crippen LogP contribution in [0.15, 0.2) is 0 Å². The highest BCUT2D eigenvalue weighted by atomic mass is 16.5. The Morgan fingerprint density at radius 2 is 0.800 bits per heavy atom. The molecule has 1 aliphatic rings. The van der Waals surface area contributed by atoms with Gasteiger partial charge in [0.1, 0.15) is 5.78 Å². The van der Waals surface area contributed by atoms with E-state index in [1.54, 1.807) is 6.92 Å². The molecule has 1 heterocycles. The van der Waals surface area contributed by atoms with E-state index >= 15 is 0 Å². The molecule has 0 saturated carbocycles. The quantitative estimate of drug-likeness (QED) is 0.0480. The van der Waals surface area contributed by atoms with Gasteiger partial charge in [-0.15, -0.1) is 0 Å². The number of unbranched alkanes of at least 4 members (excludes halogenated alkanes) is 24. The molecule has 7 nitrogen and oxygen atoms in total. The van der Waals surface area contributed by atoms with Gasteiger partial charge in [-0.05, 0) is 104 Å². The third kappa shape index (κ3) is 39.1. The Hall–Kier alpha value is -1.47. The Morgan fingerprint density at radius 1 is 0.477 bits per heavy atom. The van der Waals surface area contributed by atoms with Crippen LogP contribution >= 0.6 is 0 Å². The van der Waals surface area contributed by atoms with E-state index in [9.17, 15) is 19.5 Å². The molecule has 0 aromatic rings. The molecule has 3 atom stereocenters. The molecule has 1 fully saturated rings. The number of ketones is 1. The first-order valence-electron chi connectivity index (χ1n) is 28.8. The minimum absolute atomic E-state index is 0.0320. The van der Waals surface area contributed by atoms with Gasteiger partial charge >= 0.3 is 11.9 Å². The van der Waals surface area contributed by atoms with E-state index in [4.69, 9.17) is 9.47 Å². The summed E-state index contributed by atoms with van der Waals surface area (Å²) in [5.74, 6) is 0.896. The summed E-state index contributed by atoms with van der Waals surface area (Å²) < 4.78 is 11.4. The van der Waals surface area contributed by atoms with Crippen molar-refractivity contribution in [3.8, 4) is 0 Å².